The largest absolute Gasteiger partial charge is 0.300 e. The topological polar surface area (TPSA) is 12.5 Å². The molecule has 0 aliphatic heterocycles. The Morgan fingerprint density at radius 3 is 1.88 bits per heavy atom. The van der Waals surface area contributed by atoms with Crippen LogP contribution in [0.5, 0.6) is 0 Å². The van der Waals surface area contributed by atoms with E-state index in [9.17, 15) is 0 Å². The molecule has 0 atom stereocenters. The van der Waals surface area contributed by atoms with Gasteiger partial charge in [0.25, 0.3) is 0 Å². The summed E-state index contributed by atoms with van der Waals surface area (Å²) in [6.07, 6.45) is 0. The molecule has 0 aliphatic rings. The van der Waals surface area contributed by atoms with Gasteiger partial charge >= 0.3 is 0 Å². The fourth-order valence-corrected chi connectivity index (χ4v) is 2.49. The summed E-state index contributed by atoms with van der Waals surface area (Å²) in [5.41, 5.74) is 2.63. The molecule has 0 spiro atoms. The highest BCUT2D eigenvalue weighted by molar-refractivity contribution is 5.85. The van der Waals surface area contributed by atoms with Crippen LogP contribution in [0.2, 0.25) is 0 Å². The van der Waals surface area contributed by atoms with Crippen molar-refractivity contribution in [1.82, 2.24) is 4.90 Å². The van der Waals surface area contributed by atoms with E-state index in [1.54, 1.807) is 0 Å². The molecule has 0 saturated heterocycles. The van der Waals surface area contributed by atoms with Crippen LogP contribution in [-0.2, 0) is 17.9 Å². The number of hydrogen-bond acceptors (Lipinski definition) is 2. The highest BCUT2D eigenvalue weighted by Gasteiger charge is 2.17. The highest BCUT2D eigenvalue weighted by atomic mass is 35.5. The van der Waals surface area contributed by atoms with Gasteiger partial charge in [0.1, 0.15) is 13.2 Å². The van der Waals surface area contributed by atoms with Gasteiger partial charge in [0, 0.05) is 18.7 Å². The second-order valence-corrected chi connectivity index (χ2v) is 6.27. The zero-order valence-electron chi connectivity index (χ0n) is 14.7. The lowest BCUT2D eigenvalue weighted by Gasteiger charge is -2.28. The van der Waals surface area contributed by atoms with Gasteiger partial charge in [0.05, 0.1) is 14.1 Å². The van der Waals surface area contributed by atoms with E-state index < -0.39 is 0 Å². The first kappa shape index (κ1) is 22.9. The van der Waals surface area contributed by atoms with Gasteiger partial charge in [0.15, 0.2) is 0 Å². The molecule has 3 nitrogen and oxygen atoms in total. The van der Waals surface area contributed by atoms with Gasteiger partial charge in [0.2, 0.25) is 0 Å². The molecular formula is C19H29Cl2N2O+. The Bertz CT molecular complexity index is 550. The smallest absolute Gasteiger partial charge is 0.134 e. The third kappa shape index (κ3) is 8.67. The summed E-state index contributed by atoms with van der Waals surface area (Å²) in [6, 6.07) is 21.0. The van der Waals surface area contributed by atoms with Crippen molar-refractivity contribution >= 4 is 24.8 Å². The van der Waals surface area contributed by atoms with E-state index >= 15 is 0 Å². The zero-order chi connectivity index (χ0) is 15.8. The number of hydrogen-bond donors (Lipinski definition) is 0. The molecule has 2 aromatic carbocycles. The summed E-state index contributed by atoms with van der Waals surface area (Å²) in [6.45, 7) is 3.48. The molecule has 0 aromatic heterocycles. The second-order valence-electron chi connectivity index (χ2n) is 6.27. The number of quaternary nitrogens is 1. The summed E-state index contributed by atoms with van der Waals surface area (Å²) < 4.78 is 0.545. The summed E-state index contributed by atoms with van der Waals surface area (Å²) in [5.74, 6) is 0. The van der Waals surface area contributed by atoms with Crippen molar-refractivity contribution in [2.75, 3.05) is 34.3 Å². The maximum Gasteiger partial charge on any atom is 0.134 e. The van der Waals surface area contributed by atoms with E-state index in [1.807, 2.05) is 6.07 Å². The molecule has 134 valence electrons. The zero-order valence-corrected chi connectivity index (χ0v) is 16.4. The van der Waals surface area contributed by atoms with Crippen molar-refractivity contribution in [1.29, 1.82) is 0 Å². The van der Waals surface area contributed by atoms with Gasteiger partial charge in [-0.25, -0.2) is 4.84 Å². The predicted octanol–water partition coefficient (Wildman–Crippen LogP) is 4.17. The SMILES string of the molecule is CN(CCO[N+](C)(C)Cc1ccccc1)Cc1ccccc1.Cl.Cl. The minimum Gasteiger partial charge on any atom is -0.300 e. The monoisotopic (exact) mass is 371 g/mol. The molecule has 0 aliphatic carbocycles. The molecule has 24 heavy (non-hydrogen) atoms. The summed E-state index contributed by atoms with van der Waals surface area (Å²) in [4.78, 5) is 8.33. The van der Waals surface area contributed by atoms with Crippen molar-refractivity contribution in [3.05, 3.63) is 71.8 Å². The summed E-state index contributed by atoms with van der Waals surface area (Å²) in [5, 5.41) is 0. The third-order valence-electron chi connectivity index (χ3n) is 3.62. The van der Waals surface area contributed by atoms with Crippen LogP contribution >= 0.6 is 24.8 Å². The maximum atomic E-state index is 6.04. The van der Waals surface area contributed by atoms with Crippen LogP contribution in [0.3, 0.4) is 0 Å². The number of hydroxylamine groups is 3. The number of benzene rings is 2. The molecule has 0 heterocycles. The molecule has 0 fully saturated rings. The quantitative estimate of drug-likeness (QED) is 0.509. The van der Waals surface area contributed by atoms with Gasteiger partial charge in [-0.05, 0) is 12.6 Å². The van der Waals surface area contributed by atoms with E-state index in [0.29, 0.717) is 4.65 Å². The van der Waals surface area contributed by atoms with E-state index in [2.05, 4.69) is 80.6 Å². The van der Waals surface area contributed by atoms with Crippen LogP contribution in [0.1, 0.15) is 11.1 Å². The average molecular weight is 372 g/mol. The van der Waals surface area contributed by atoms with Crippen molar-refractivity contribution in [3.8, 4) is 0 Å². The third-order valence-corrected chi connectivity index (χ3v) is 3.62. The van der Waals surface area contributed by atoms with E-state index in [-0.39, 0.29) is 24.8 Å². The van der Waals surface area contributed by atoms with Gasteiger partial charge < -0.3 is 0 Å². The van der Waals surface area contributed by atoms with Gasteiger partial charge in [-0.1, -0.05) is 60.7 Å². The summed E-state index contributed by atoms with van der Waals surface area (Å²) in [7, 11) is 6.34. The lowest BCUT2D eigenvalue weighted by Crippen LogP contribution is -2.40. The first-order valence-corrected chi connectivity index (χ1v) is 7.79. The normalized spacial score (nSPS) is 10.8. The van der Waals surface area contributed by atoms with Crippen LogP contribution in [0.25, 0.3) is 0 Å². The van der Waals surface area contributed by atoms with Crippen LogP contribution < -0.4 is 0 Å². The lowest BCUT2D eigenvalue weighted by atomic mass is 10.2. The molecular weight excluding hydrogens is 343 g/mol. The standard InChI is InChI=1S/C19H27N2O.2ClH/c1-20(16-18-10-6-4-7-11-18)14-15-22-21(2,3)17-19-12-8-5-9-13-19;;/h4-13H,14-17H2,1-3H3;2*1H/q+1;;. The Morgan fingerprint density at radius 1 is 0.833 bits per heavy atom. The summed E-state index contributed by atoms with van der Waals surface area (Å²) >= 11 is 0. The van der Waals surface area contributed by atoms with Gasteiger partial charge in [-0.3, -0.25) is 4.90 Å². The van der Waals surface area contributed by atoms with E-state index in [0.717, 1.165) is 26.2 Å². The molecule has 2 rings (SSSR count). The minimum atomic E-state index is 0. The molecule has 0 radical (unpaired) electrons. The highest BCUT2D eigenvalue weighted by Crippen LogP contribution is 2.10. The Kier molecular flexibility index (Phi) is 10.9. The molecule has 0 N–H and O–H groups in total. The van der Waals surface area contributed by atoms with Crippen molar-refractivity contribution in [3.63, 3.8) is 0 Å². The van der Waals surface area contributed by atoms with Crippen LogP contribution in [0.15, 0.2) is 60.7 Å². The number of rotatable bonds is 8. The van der Waals surface area contributed by atoms with Crippen LogP contribution in [0, 0.1) is 0 Å². The molecule has 0 amide bonds. The lowest BCUT2D eigenvalue weighted by molar-refractivity contribution is -1.09. The number of likely N-dealkylation sites (N-methyl/N-ethyl adjacent to an activating group) is 1. The van der Waals surface area contributed by atoms with E-state index in [1.165, 1.54) is 11.1 Å². The number of nitrogens with zero attached hydrogens (tertiary/aromatic N) is 2. The molecule has 2 aromatic rings. The maximum absolute atomic E-state index is 6.04. The predicted molar refractivity (Wildman–Crippen MR) is 105 cm³/mol. The van der Waals surface area contributed by atoms with E-state index in [4.69, 9.17) is 4.84 Å². The number of halogens is 2. The fourth-order valence-electron chi connectivity index (χ4n) is 2.49. The van der Waals surface area contributed by atoms with Crippen molar-refractivity contribution < 1.29 is 9.48 Å². The van der Waals surface area contributed by atoms with Gasteiger partial charge in [-0.2, -0.15) is 4.65 Å². The van der Waals surface area contributed by atoms with Crippen molar-refractivity contribution in [2.45, 2.75) is 13.1 Å². The first-order chi connectivity index (χ1) is 10.6. The minimum absolute atomic E-state index is 0. The first-order valence-electron chi connectivity index (χ1n) is 7.79. The fraction of sp³-hybridized carbons (Fsp3) is 0.368. The van der Waals surface area contributed by atoms with Gasteiger partial charge in [-0.15, -0.1) is 24.8 Å². The van der Waals surface area contributed by atoms with Crippen LogP contribution in [-0.4, -0.2) is 43.8 Å². The van der Waals surface area contributed by atoms with Crippen LogP contribution in [0.4, 0.5) is 0 Å². The Hall–Kier alpha value is -1.10. The Labute approximate surface area is 158 Å². The van der Waals surface area contributed by atoms with Crippen molar-refractivity contribution in [2.24, 2.45) is 0 Å². The Morgan fingerprint density at radius 2 is 1.33 bits per heavy atom. The second kappa shape index (κ2) is 11.5. The Balaban J connectivity index is 0.00000264. The molecule has 0 unspecified atom stereocenters. The molecule has 0 bridgehead atoms. The molecule has 5 heteroatoms. The average Bonchev–Trinajstić information content (AvgIpc) is 2.48. The molecule has 0 saturated carbocycles.